The van der Waals surface area contributed by atoms with E-state index in [-0.39, 0.29) is 42.4 Å². The van der Waals surface area contributed by atoms with E-state index < -0.39 is 53.5 Å². The van der Waals surface area contributed by atoms with E-state index in [9.17, 15) is 23.2 Å². The van der Waals surface area contributed by atoms with Crippen molar-refractivity contribution in [3.8, 4) is 11.1 Å². The van der Waals surface area contributed by atoms with Crippen LogP contribution in [0.2, 0.25) is 0 Å². The van der Waals surface area contributed by atoms with Crippen LogP contribution in [0.5, 0.6) is 0 Å². The molecule has 2 N–H and O–H groups in total. The maximum atomic E-state index is 15.1. The normalized spacial score (nSPS) is 13.1. The number of amides is 2. The summed E-state index contributed by atoms with van der Waals surface area (Å²) in [5, 5.41) is 11.6. The molecule has 2 atom stereocenters. The molecule has 0 aliphatic heterocycles. The molecule has 3 rings (SSSR count). The number of alkyl halides is 1. The Morgan fingerprint density at radius 1 is 1.02 bits per heavy atom. The van der Waals surface area contributed by atoms with Crippen molar-refractivity contribution >= 4 is 29.7 Å². The van der Waals surface area contributed by atoms with Crippen LogP contribution >= 0.6 is 11.8 Å². The Morgan fingerprint density at radius 3 is 2.31 bits per heavy atom. The molecule has 48 heavy (non-hydrogen) atoms. The Balaban J connectivity index is 2.10. The summed E-state index contributed by atoms with van der Waals surface area (Å²) in [5.74, 6) is -2.31. The lowest BCUT2D eigenvalue weighted by Crippen LogP contribution is -2.46. The molecule has 2 aromatic carbocycles. The first-order valence-electron chi connectivity index (χ1n) is 15.8. The van der Waals surface area contributed by atoms with Gasteiger partial charge in [0.2, 0.25) is 5.91 Å². The molecule has 0 spiro atoms. The smallest absolute Gasteiger partial charge is 0.407 e. The highest BCUT2D eigenvalue weighted by Gasteiger charge is 2.37. The van der Waals surface area contributed by atoms with E-state index in [1.165, 1.54) is 11.8 Å². The first kappa shape index (κ1) is 38.5. The molecular weight excluding hydrogens is 643 g/mol. The zero-order chi connectivity index (χ0) is 35.6. The van der Waals surface area contributed by atoms with Gasteiger partial charge in [0.25, 0.3) is 0 Å². The topological polar surface area (TPSA) is 101 Å². The van der Waals surface area contributed by atoms with Crippen LogP contribution in [-0.2, 0) is 20.9 Å². The molecule has 1 unspecified atom stereocenters. The van der Waals surface area contributed by atoms with Gasteiger partial charge in [-0.2, -0.15) is 11.8 Å². The Kier molecular flexibility index (Phi) is 13.6. The average molecular weight is 690 g/mol. The number of aromatic nitrogens is 1. The van der Waals surface area contributed by atoms with E-state index in [4.69, 9.17) is 9.84 Å². The average Bonchev–Trinajstić information content (AvgIpc) is 3.38. The summed E-state index contributed by atoms with van der Waals surface area (Å²) in [6, 6.07) is 12.9. The van der Waals surface area contributed by atoms with Crippen molar-refractivity contribution in [2.24, 2.45) is 5.41 Å². The Hall–Kier alpha value is -3.93. The number of carbonyl (C=O) groups excluding carboxylic acids is 2. The number of ether oxygens (including phenoxy) is 1. The number of alkyl carbamates (subject to hydrolysis) is 1. The minimum atomic E-state index is -0.978. The number of carbonyl (C=O) groups is 3. The molecule has 0 aliphatic rings. The Bertz CT molecular complexity index is 1540. The quantitative estimate of drug-likeness (QED) is 0.158. The molecule has 0 bridgehead atoms. The second kappa shape index (κ2) is 16.9. The highest BCUT2D eigenvalue weighted by molar-refractivity contribution is 7.99. The lowest BCUT2D eigenvalue weighted by atomic mass is 9.82. The minimum absolute atomic E-state index is 0.0326. The summed E-state index contributed by atoms with van der Waals surface area (Å²) in [4.78, 5) is 39.2. The number of rotatable bonds is 15. The van der Waals surface area contributed by atoms with Crippen LogP contribution in [0.25, 0.3) is 11.1 Å². The van der Waals surface area contributed by atoms with Crippen molar-refractivity contribution < 1.29 is 37.4 Å². The third-order valence-electron chi connectivity index (χ3n) is 7.41. The summed E-state index contributed by atoms with van der Waals surface area (Å²) in [6.45, 7) is 10.4. The van der Waals surface area contributed by atoms with Gasteiger partial charge in [-0.05, 0) is 62.4 Å². The van der Waals surface area contributed by atoms with Crippen LogP contribution in [0.1, 0.15) is 71.7 Å². The van der Waals surface area contributed by atoms with Crippen molar-refractivity contribution in [3.05, 3.63) is 83.7 Å². The molecule has 0 aliphatic carbocycles. The predicted octanol–water partition coefficient (Wildman–Crippen LogP) is 7.86. The van der Waals surface area contributed by atoms with Crippen molar-refractivity contribution in [3.63, 3.8) is 0 Å². The van der Waals surface area contributed by atoms with Gasteiger partial charge >= 0.3 is 12.1 Å². The van der Waals surface area contributed by atoms with Crippen LogP contribution in [-0.4, -0.2) is 68.9 Å². The molecule has 0 radical (unpaired) electrons. The minimum Gasteiger partial charge on any atom is -0.481 e. The fourth-order valence-corrected chi connectivity index (χ4v) is 6.17. The van der Waals surface area contributed by atoms with Gasteiger partial charge in [0.15, 0.2) is 0 Å². The summed E-state index contributed by atoms with van der Waals surface area (Å²) < 4.78 is 50.9. The third-order valence-corrected chi connectivity index (χ3v) is 8.35. The number of carboxylic acids is 1. The number of nitrogens with zero attached hydrogens (tertiary/aromatic N) is 2. The Morgan fingerprint density at radius 2 is 1.71 bits per heavy atom. The summed E-state index contributed by atoms with van der Waals surface area (Å²) in [7, 11) is 0. The standard InChI is InChI=1S/C36H46F3N3O5S/c1-35(2,3)33(30-18-25(28-19-26(38)12-13-29(28)39)22-41(30)21-24-10-8-7-9-11-24)42(31(43)23-48-17-15-32(44)45)16-14-27(20-37)40-34(46)47-36(4,5)6/h7-13,18-19,22,27,33H,14-17,20-21,23H2,1-6H3,(H,40,46)(H,44,45)/t27?,33-/m0/s1. The SMILES string of the molecule is CC(C)(C)OC(=O)NC(CF)CCN(C(=O)CSCCC(=O)O)[C@@H](c1cc(-c2cc(F)ccc2F)cn1Cc1ccccc1)C(C)(C)C. The number of carboxylic acid groups (broad SMARTS) is 1. The summed E-state index contributed by atoms with van der Waals surface area (Å²) >= 11 is 1.18. The molecule has 1 aromatic heterocycles. The number of benzene rings is 2. The lowest BCUT2D eigenvalue weighted by molar-refractivity contribution is -0.136. The zero-order valence-electron chi connectivity index (χ0n) is 28.4. The Labute approximate surface area is 285 Å². The fourth-order valence-electron chi connectivity index (χ4n) is 5.37. The van der Waals surface area contributed by atoms with Gasteiger partial charge in [0.1, 0.15) is 23.9 Å². The van der Waals surface area contributed by atoms with E-state index >= 15 is 4.39 Å². The number of hydrogen-bond acceptors (Lipinski definition) is 5. The van der Waals surface area contributed by atoms with Crippen molar-refractivity contribution in [2.75, 3.05) is 24.7 Å². The molecule has 0 saturated carbocycles. The summed E-state index contributed by atoms with van der Waals surface area (Å²) in [5.41, 5.74) is 0.650. The second-order valence-electron chi connectivity index (χ2n) is 13.7. The van der Waals surface area contributed by atoms with E-state index in [2.05, 4.69) is 5.32 Å². The van der Waals surface area contributed by atoms with Gasteiger partial charge in [-0.15, -0.1) is 0 Å². The van der Waals surface area contributed by atoms with E-state index in [1.807, 2.05) is 55.7 Å². The van der Waals surface area contributed by atoms with Crippen LogP contribution in [0, 0.1) is 17.0 Å². The van der Waals surface area contributed by atoms with Crippen LogP contribution < -0.4 is 5.32 Å². The van der Waals surface area contributed by atoms with E-state index in [1.54, 1.807) is 37.9 Å². The highest BCUT2D eigenvalue weighted by Crippen LogP contribution is 2.41. The van der Waals surface area contributed by atoms with Crippen LogP contribution in [0.3, 0.4) is 0 Å². The third kappa shape index (κ3) is 11.6. The van der Waals surface area contributed by atoms with Gasteiger partial charge in [-0.25, -0.2) is 18.0 Å². The van der Waals surface area contributed by atoms with Crippen molar-refractivity contribution in [2.45, 2.75) is 78.6 Å². The van der Waals surface area contributed by atoms with Gasteiger partial charge in [-0.1, -0.05) is 51.1 Å². The molecule has 12 heteroatoms. The molecule has 3 aromatic rings. The monoisotopic (exact) mass is 689 g/mol. The number of hydrogen-bond donors (Lipinski definition) is 2. The molecular formula is C36H46F3N3O5S. The molecule has 2 amide bonds. The highest BCUT2D eigenvalue weighted by atomic mass is 32.2. The number of aliphatic carboxylic acids is 1. The molecule has 0 fully saturated rings. The predicted molar refractivity (Wildman–Crippen MR) is 183 cm³/mol. The van der Waals surface area contributed by atoms with Crippen LogP contribution in [0.15, 0.2) is 60.8 Å². The second-order valence-corrected chi connectivity index (χ2v) is 14.8. The van der Waals surface area contributed by atoms with Gasteiger partial charge in [0, 0.05) is 41.9 Å². The zero-order valence-corrected chi connectivity index (χ0v) is 29.2. The molecule has 0 saturated heterocycles. The molecule has 8 nitrogen and oxygen atoms in total. The van der Waals surface area contributed by atoms with E-state index in [0.29, 0.717) is 17.8 Å². The first-order chi connectivity index (χ1) is 22.5. The number of thioether (sulfide) groups is 1. The number of halogens is 3. The largest absolute Gasteiger partial charge is 0.481 e. The van der Waals surface area contributed by atoms with E-state index in [0.717, 1.165) is 23.8 Å². The van der Waals surface area contributed by atoms with Crippen molar-refractivity contribution in [1.82, 2.24) is 14.8 Å². The van der Waals surface area contributed by atoms with Crippen molar-refractivity contribution in [1.29, 1.82) is 0 Å². The number of nitrogens with one attached hydrogen (secondary N) is 1. The maximum Gasteiger partial charge on any atom is 0.407 e. The first-order valence-corrected chi connectivity index (χ1v) is 17.0. The van der Waals surface area contributed by atoms with Crippen LogP contribution in [0.4, 0.5) is 18.0 Å². The van der Waals surface area contributed by atoms with Gasteiger partial charge < -0.3 is 24.6 Å². The molecule has 1 heterocycles. The fraction of sp³-hybridized carbons (Fsp3) is 0.472. The maximum absolute atomic E-state index is 15.1. The lowest BCUT2D eigenvalue weighted by Gasteiger charge is -2.41. The summed E-state index contributed by atoms with van der Waals surface area (Å²) in [6.07, 6.45) is 0.890. The van der Waals surface area contributed by atoms with Gasteiger partial charge in [-0.3, -0.25) is 9.59 Å². The molecule has 262 valence electrons. The van der Waals surface area contributed by atoms with Gasteiger partial charge in [0.05, 0.1) is 24.3 Å².